The molecule has 6 heteroatoms. The summed E-state index contributed by atoms with van der Waals surface area (Å²) >= 11 is 3.71. The van der Waals surface area contributed by atoms with E-state index < -0.39 is 0 Å². The number of benzene rings is 1. The van der Waals surface area contributed by atoms with E-state index in [2.05, 4.69) is 11.9 Å². The van der Waals surface area contributed by atoms with Crippen molar-refractivity contribution in [2.24, 2.45) is 0 Å². The Kier molecular flexibility index (Phi) is 8.03. The number of hydrogen-bond donors (Lipinski definition) is 1. The van der Waals surface area contributed by atoms with Crippen molar-refractivity contribution in [1.82, 2.24) is 5.32 Å². The molecule has 0 aliphatic carbocycles. The fourth-order valence-corrected chi connectivity index (χ4v) is 2.08. The average Bonchev–Trinajstić information content (AvgIpc) is 2.47. The summed E-state index contributed by atoms with van der Waals surface area (Å²) < 4.78 is 10.2. The van der Waals surface area contributed by atoms with Crippen LogP contribution in [0.1, 0.15) is 0 Å². The van der Waals surface area contributed by atoms with Crippen LogP contribution in [0.4, 0.5) is 0 Å². The van der Waals surface area contributed by atoms with Crippen molar-refractivity contribution in [2.75, 3.05) is 7.05 Å². The molecule has 19 heavy (non-hydrogen) atoms. The van der Waals surface area contributed by atoms with Crippen molar-refractivity contribution < 1.29 is 6.13 Å². The Hall–Kier alpha value is -0.635. The molecule has 0 aliphatic heterocycles. The molecule has 0 saturated carbocycles. The van der Waals surface area contributed by atoms with Gasteiger partial charge in [-0.3, -0.25) is 0 Å². The lowest BCUT2D eigenvalue weighted by atomic mass is 9.63. The van der Waals surface area contributed by atoms with Gasteiger partial charge in [0.2, 0.25) is 0 Å². The van der Waals surface area contributed by atoms with Gasteiger partial charge >= 0.3 is 0 Å². The second kappa shape index (κ2) is 9.30. The van der Waals surface area contributed by atoms with Crippen molar-refractivity contribution in [1.29, 1.82) is 0 Å². The fourth-order valence-electron chi connectivity index (χ4n) is 1.42. The van der Waals surface area contributed by atoms with Crippen LogP contribution in [-0.2, 0) is 3.07 Å². The molecule has 1 aromatic carbocycles. The van der Waals surface area contributed by atoms with Crippen LogP contribution in [0.25, 0.3) is 0 Å². The summed E-state index contributed by atoms with van der Waals surface area (Å²) in [5.41, 5.74) is 2.32. The Morgan fingerprint density at radius 1 is 1.26 bits per heavy atom. The minimum absolute atomic E-state index is 0.702. The van der Waals surface area contributed by atoms with Crippen LogP contribution in [-0.4, -0.2) is 14.3 Å². The molecule has 0 radical (unpaired) electrons. The van der Waals surface area contributed by atoms with Gasteiger partial charge in [-0.15, -0.1) is 0 Å². The highest BCUT2D eigenvalue weighted by Crippen LogP contribution is 2.10. The number of halogens is 2. The third-order valence-electron chi connectivity index (χ3n) is 2.46. The molecule has 0 amide bonds. The van der Waals surface area contributed by atoms with Crippen LogP contribution in [0.15, 0.2) is 60.4 Å². The summed E-state index contributed by atoms with van der Waals surface area (Å²) in [4.78, 5) is 0. The first-order chi connectivity index (χ1) is 9.23. The van der Waals surface area contributed by atoms with Crippen LogP contribution < -0.4 is 13.8 Å². The second-order valence-corrected chi connectivity index (χ2v) is 4.58. The first-order valence-corrected chi connectivity index (χ1v) is 7.36. The molecule has 0 bridgehead atoms. The molecule has 0 spiro atoms. The first-order valence-electron chi connectivity index (χ1n) is 5.60. The van der Waals surface area contributed by atoms with E-state index >= 15 is 0 Å². The van der Waals surface area contributed by atoms with E-state index in [-0.39, 0.29) is 0 Å². The van der Waals surface area contributed by atoms with Gasteiger partial charge in [0.05, 0.1) is 0 Å². The zero-order valence-corrected chi connectivity index (χ0v) is 14.8. The molecule has 100 valence electrons. The van der Waals surface area contributed by atoms with Gasteiger partial charge in [-0.25, -0.2) is 0 Å². The lowest BCUT2D eigenvalue weighted by Gasteiger charge is -2.03. The van der Waals surface area contributed by atoms with Crippen LogP contribution in [0, 0.1) is 0 Å². The van der Waals surface area contributed by atoms with E-state index in [4.69, 9.17) is 6.13 Å². The highest BCUT2D eigenvalue weighted by atomic mass is 127. The quantitative estimate of drug-likeness (QED) is 0.282. The highest BCUT2D eigenvalue weighted by Gasteiger charge is 2.00. The lowest BCUT2D eigenvalue weighted by molar-refractivity contribution is 0.510. The predicted molar refractivity (Wildman–Crippen MR) is 98.4 cm³/mol. The zero-order chi connectivity index (χ0) is 14.1. The van der Waals surface area contributed by atoms with Gasteiger partial charge in [-0.2, -0.15) is 0 Å². The largest absolute Gasteiger partial charge is 0.428 e. The molecule has 1 aromatic rings. The van der Waals surface area contributed by atoms with E-state index in [1.54, 1.807) is 0 Å². The van der Waals surface area contributed by atoms with Gasteiger partial charge in [0, 0.05) is 7.05 Å². The second-order valence-electron chi connectivity index (χ2n) is 3.70. The normalized spacial score (nSPS) is 11.7. The van der Waals surface area contributed by atoms with Gasteiger partial charge in [0.25, 0.3) is 0 Å². The molecular formula is C13H14BI2NO2. The number of hydrogen-bond acceptors (Lipinski definition) is 3. The van der Waals surface area contributed by atoms with E-state index in [9.17, 15) is 0 Å². The smallest absolute Gasteiger partial charge is 0.198 e. The molecule has 0 heterocycles. The molecular weight excluding hydrogens is 467 g/mol. The SMILES string of the molecule is C=C/C(Bc1ccc(OI)cc1)=C\C=C(/NC)OI. The summed E-state index contributed by atoms with van der Waals surface area (Å²) in [5, 5.41) is 2.95. The Labute approximate surface area is 142 Å². The molecule has 1 rings (SSSR count). The van der Waals surface area contributed by atoms with E-state index in [0.29, 0.717) is 5.88 Å². The minimum atomic E-state index is 0.702. The molecule has 0 aliphatic rings. The first kappa shape index (κ1) is 16.4. The van der Waals surface area contributed by atoms with E-state index in [0.717, 1.165) is 18.5 Å². The molecule has 0 aromatic heterocycles. The molecule has 0 unspecified atom stereocenters. The average molecular weight is 481 g/mol. The van der Waals surface area contributed by atoms with Crippen LogP contribution in [0.2, 0.25) is 0 Å². The topological polar surface area (TPSA) is 30.5 Å². The standard InChI is InChI=1S/C13H14BI2NO2/c1-3-10(6-9-13(17-2)19-16)14-11-4-7-12(18-15)8-5-11/h3-9,14,17H,1H2,2H3/b10-6+,13-9+. The number of nitrogens with one attached hydrogen (secondary N) is 1. The Morgan fingerprint density at radius 3 is 2.42 bits per heavy atom. The zero-order valence-electron chi connectivity index (χ0n) is 10.5. The van der Waals surface area contributed by atoms with Crippen LogP contribution in [0.3, 0.4) is 0 Å². The molecule has 3 nitrogen and oxygen atoms in total. The maximum Gasteiger partial charge on any atom is 0.198 e. The summed E-state index contributed by atoms with van der Waals surface area (Å²) in [6.07, 6.45) is 5.71. The maximum absolute atomic E-state index is 5.11. The van der Waals surface area contributed by atoms with Crippen LogP contribution >= 0.6 is 46.0 Å². The summed E-state index contributed by atoms with van der Waals surface area (Å²) in [6, 6.07) is 7.99. The van der Waals surface area contributed by atoms with Gasteiger partial charge < -0.3 is 11.4 Å². The Bertz CT molecular complexity index is 466. The summed E-state index contributed by atoms with van der Waals surface area (Å²) in [6.45, 7) is 3.83. The summed E-state index contributed by atoms with van der Waals surface area (Å²) in [7, 11) is 2.63. The van der Waals surface area contributed by atoms with E-state index in [1.165, 1.54) is 5.46 Å². The maximum atomic E-state index is 5.11. The monoisotopic (exact) mass is 481 g/mol. The molecule has 1 N–H and O–H groups in total. The van der Waals surface area contributed by atoms with Gasteiger partial charge in [0.15, 0.2) is 59.2 Å². The van der Waals surface area contributed by atoms with Crippen molar-refractivity contribution in [3.63, 3.8) is 0 Å². The van der Waals surface area contributed by atoms with Crippen molar-refractivity contribution in [3.8, 4) is 5.75 Å². The van der Waals surface area contributed by atoms with Gasteiger partial charge in [-0.1, -0.05) is 41.8 Å². The molecule has 0 fully saturated rings. The number of allylic oxidation sites excluding steroid dienone is 4. The molecule has 0 saturated heterocycles. The predicted octanol–water partition coefficient (Wildman–Crippen LogP) is 2.97. The van der Waals surface area contributed by atoms with Crippen molar-refractivity contribution in [2.45, 2.75) is 0 Å². The van der Waals surface area contributed by atoms with Crippen molar-refractivity contribution in [3.05, 3.63) is 60.4 Å². The lowest BCUT2D eigenvalue weighted by Crippen LogP contribution is -2.15. The Balaban J connectivity index is 2.78. The Morgan fingerprint density at radius 2 is 1.95 bits per heavy atom. The van der Waals surface area contributed by atoms with Gasteiger partial charge in [0.1, 0.15) is 5.75 Å². The minimum Gasteiger partial charge on any atom is -0.428 e. The van der Waals surface area contributed by atoms with Crippen molar-refractivity contribution >= 4 is 58.8 Å². The third-order valence-corrected chi connectivity index (χ3v) is 3.44. The van der Waals surface area contributed by atoms with E-state index in [1.807, 2.05) is 95.6 Å². The third kappa shape index (κ3) is 5.90. The molecule has 0 atom stereocenters. The fraction of sp³-hybridized carbons (Fsp3) is 0.0769. The number of rotatable bonds is 7. The summed E-state index contributed by atoms with van der Waals surface area (Å²) in [5.74, 6) is 1.55. The highest BCUT2D eigenvalue weighted by molar-refractivity contribution is 14.1. The van der Waals surface area contributed by atoms with Crippen LogP contribution in [0.5, 0.6) is 5.75 Å². The van der Waals surface area contributed by atoms with Gasteiger partial charge in [-0.05, 0) is 18.2 Å².